The summed E-state index contributed by atoms with van der Waals surface area (Å²) in [5.74, 6) is 0.879. The summed E-state index contributed by atoms with van der Waals surface area (Å²) in [4.78, 5) is 12.1. The van der Waals surface area contributed by atoms with Crippen LogP contribution in [0, 0.1) is 11.8 Å². The minimum Gasteiger partial charge on any atom is -0.379 e. The third kappa shape index (κ3) is 3.69. The Hall–Kier alpha value is -0.610. The lowest BCUT2D eigenvalue weighted by Gasteiger charge is -2.19. The molecule has 4 heteroatoms. The Morgan fingerprint density at radius 1 is 1.28 bits per heavy atom. The van der Waals surface area contributed by atoms with Gasteiger partial charge in [-0.15, -0.1) is 0 Å². The van der Waals surface area contributed by atoms with Crippen LogP contribution in [0.25, 0.3) is 0 Å². The van der Waals surface area contributed by atoms with E-state index in [2.05, 4.69) is 17.6 Å². The quantitative estimate of drug-likeness (QED) is 0.751. The van der Waals surface area contributed by atoms with Crippen molar-refractivity contribution < 1.29 is 9.53 Å². The third-order valence-electron chi connectivity index (χ3n) is 4.11. The second kappa shape index (κ2) is 7.10. The maximum Gasteiger partial charge on any atom is 0.227 e. The van der Waals surface area contributed by atoms with E-state index in [-0.39, 0.29) is 17.9 Å². The van der Waals surface area contributed by atoms with Gasteiger partial charge in [0.2, 0.25) is 5.91 Å². The molecule has 2 unspecified atom stereocenters. The van der Waals surface area contributed by atoms with E-state index in [0.29, 0.717) is 19.1 Å². The van der Waals surface area contributed by atoms with Crippen molar-refractivity contribution in [3.8, 4) is 0 Å². The standard InChI is InChI=1S/C14H26N2O2/c1-2-7-15-13-10-18-9-12(13)14(17)16-8-11-5-3-4-6-11/h11-13,15H,2-10H2,1H3,(H,16,17). The van der Waals surface area contributed by atoms with E-state index in [9.17, 15) is 4.79 Å². The van der Waals surface area contributed by atoms with Gasteiger partial charge in [-0.2, -0.15) is 0 Å². The number of carbonyl (C=O) groups excluding carboxylic acids is 1. The van der Waals surface area contributed by atoms with Crippen molar-refractivity contribution in [1.82, 2.24) is 10.6 Å². The lowest BCUT2D eigenvalue weighted by molar-refractivity contribution is -0.125. The van der Waals surface area contributed by atoms with Crippen LogP contribution in [0.4, 0.5) is 0 Å². The SMILES string of the molecule is CCCNC1COCC1C(=O)NCC1CCCC1. The first-order chi connectivity index (χ1) is 8.81. The van der Waals surface area contributed by atoms with E-state index in [0.717, 1.165) is 19.5 Å². The van der Waals surface area contributed by atoms with Crippen molar-refractivity contribution in [1.29, 1.82) is 0 Å². The summed E-state index contributed by atoms with van der Waals surface area (Å²) in [5, 5.41) is 6.52. The summed E-state index contributed by atoms with van der Waals surface area (Å²) in [5.41, 5.74) is 0. The van der Waals surface area contributed by atoms with E-state index in [1.165, 1.54) is 25.7 Å². The normalized spacial score (nSPS) is 28.7. The highest BCUT2D eigenvalue weighted by Crippen LogP contribution is 2.24. The van der Waals surface area contributed by atoms with Gasteiger partial charge < -0.3 is 15.4 Å². The maximum absolute atomic E-state index is 12.1. The molecule has 2 rings (SSSR count). The van der Waals surface area contributed by atoms with Crippen LogP contribution in [0.3, 0.4) is 0 Å². The Labute approximate surface area is 110 Å². The number of rotatable bonds is 6. The number of amides is 1. The Balaban J connectivity index is 1.72. The zero-order chi connectivity index (χ0) is 12.8. The highest BCUT2D eigenvalue weighted by atomic mass is 16.5. The van der Waals surface area contributed by atoms with Crippen LogP contribution < -0.4 is 10.6 Å². The predicted octanol–water partition coefficient (Wildman–Crippen LogP) is 1.31. The summed E-state index contributed by atoms with van der Waals surface area (Å²) in [7, 11) is 0. The van der Waals surface area contributed by atoms with Gasteiger partial charge in [0.05, 0.1) is 19.1 Å². The van der Waals surface area contributed by atoms with E-state index >= 15 is 0 Å². The van der Waals surface area contributed by atoms with Gasteiger partial charge in [0, 0.05) is 12.6 Å². The van der Waals surface area contributed by atoms with Crippen LogP contribution in [0.2, 0.25) is 0 Å². The smallest absolute Gasteiger partial charge is 0.227 e. The van der Waals surface area contributed by atoms with Crippen LogP contribution in [0.1, 0.15) is 39.0 Å². The summed E-state index contributed by atoms with van der Waals surface area (Å²) in [6.07, 6.45) is 6.30. The number of carbonyl (C=O) groups is 1. The summed E-state index contributed by atoms with van der Waals surface area (Å²) in [6.45, 7) is 5.19. The first kappa shape index (κ1) is 13.8. The first-order valence-electron chi connectivity index (χ1n) is 7.40. The van der Waals surface area contributed by atoms with E-state index in [4.69, 9.17) is 4.74 Å². The van der Waals surface area contributed by atoms with Crippen molar-refractivity contribution in [3.63, 3.8) is 0 Å². The van der Waals surface area contributed by atoms with Crippen LogP contribution in [0.5, 0.6) is 0 Å². The molecule has 18 heavy (non-hydrogen) atoms. The average molecular weight is 254 g/mol. The van der Waals surface area contributed by atoms with Crippen molar-refractivity contribution in [3.05, 3.63) is 0 Å². The topological polar surface area (TPSA) is 50.4 Å². The Morgan fingerprint density at radius 3 is 2.78 bits per heavy atom. The molecule has 1 heterocycles. The summed E-state index contributed by atoms with van der Waals surface area (Å²) in [6, 6.07) is 0.202. The Bertz CT molecular complexity index is 265. The van der Waals surface area contributed by atoms with Gasteiger partial charge in [-0.1, -0.05) is 19.8 Å². The van der Waals surface area contributed by atoms with Gasteiger partial charge in [-0.25, -0.2) is 0 Å². The lowest BCUT2D eigenvalue weighted by atomic mass is 10.0. The fourth-order valence-electron chi connectivity index (χ4n) is 2.93. The molecule has 1 saturated carbocycles. The lowest BCUT2D eigenvalue weighted by Crippen LogP contribution is -2.45. The monoisotopic (exact) mass is 254 g/mol. The number of hydrogen-bond donors (Lipinski definition) is 2. The third-order valence-corrected chi connectivity index (χ3v) is 4.11. The molecule has 2 N–H and O–H groups in total. The molecular formula is C14H26N2O2. The van der Waals surface area contributed by atoms with Gasteiger partial charge in [-0.05, 0) is 31.7 Å². The second-order valence-corrected chi connectivity index (χ2v) is 5.60. The van der Waals surface area contributed by atoms with E-state index in [1.807, 2.05) is 0 Å². The molecule has 2 fully saturated rings. The molecule has 0 aromatic heterocycles. The number of ether oxygens (including phenoxy) is 1. The van der Waals surface area contributed by atoms with Gasteiger partial charge in [0.25, 0.3) is 0 Å². The molecule has 0 bridgehead atoms. The molecule has 2 aliphatic rings. The fourth-order valence-corrected chi connectivity index (χ4v) is 2.93. The fraction of sp³-hybridized carbons (Fsp3) is 0.929. The summed E-state index contributed by atoms with van der Waals surface area (Å²) < 4.78 is 5.44. The van der Waals surface area contributed by atoms with Crippen molar-refractivity contribution >= 4 is 5.91 Å². The Morgan fingerprint density at radius 2 is 2.06 bits per heavy atom. The molecule has 2 atom stereocenters. The molecule has 1 aliphatic carbocycles. The molecule has 0 aromatic rings. The largest absolute Gasteiger partial charge is 0.379 e. The molecule has 4 nitrogen and oxygen atoms in total. The molecule has 0 aromatic carbocycles. The van der Waals surface area contributed by atoms with Gasteiger partial charge in [0.15, 0.2) is 0 Å². The molecule has 1 aliphatic heterocycles. The van der Waals surface area contributed by atoms with Crippen LogP contribution >= 0.6 is 0 Å². The molecule has 0 spiro atoms. The second-order valence-electron chi connectivity index (χ2n) is 5.60. The summed E-state index contributed by atoms with van der Waals surface area (Å²) >= 11 is 0. The zero-order valence-electron chi connectivity index (χ0n) is 11.4. The Kier molecular flexibility index (Phi) is 5.45. The molecule has 1 amide bonds. The van der Waals surface area contributed by atoms with Gasteiger partial charge in [0.1, 0.15) is 0 Å². The van der Waals surface area contributed by atoms with E-state index in [1.54, 1.807) is 0 Å². The van der Waals surface area contributed by atoms with E-state index < -0.39 is 0 Å². The number of nitrogens with one attached hydrogen (secondary N) is 2. The molecule has 1 saturated heterocycles. The molecule has 0 radical (unpaired) electrons. The van der Waals surface area contributed by atoms with Gasteiger partial charge >= 0.3 is 0 Å². The highest BCUT2D eigenvalue weighted by Gasteiger charge is 2.33. The van der Waals surface area contributed by atoms with Gasteiger partial charge in [-0.3, -0.25) is 4.79 Å². The highest BCUT2D eigenvalue weighted by molar-refractivity contribution is 5.79. The zero-order valence-corrected chi connectivity index (χ0v) is 11.4. The van der Waals surface area contributed by atoms with Crippen molar-refractivity contribution in [2.45, 2.75) is 45.1 Å². The molecule has 104 valence electrons. The average Bonchev–Trinajstić information content (AvgIpc) is 3.04. The predicted molar refractivity (Wildman–Crippen MR) is 71.4 cm³/mol. The van der Waals surface area contributed by atoms with Crippen LogP contribution in [0.15, 0.2) is 0 Å². The van der Waals surface area contributed by atoms with Crippen molar-refractivity contribution in [2.75, 3.05) is 26.3 Å². The van der Waals surface area contributed by atoms with Crippen LogP contribution in [-0.2, 0) is 9.53 Å². The maximum atomic E-state index is 12.1. The van der Waals surface area contributed by atoms with Crippen molar-refractivity contribution in [2.24, 2.45) is 11.8 Å². The molecular weight excluding hydrogens is 228 g/mol. The first-order valence-corrected chi connectivity index (χ1v) is 7.40. The minimum atomic E-state index is -0.00190. The number of hydrogen-bond acceptors (Lipinski definition) is 3. The van der Waals surface area contributed by atoms with Crippen LogP contribution in [-0.4, -0.2) is 38.3 Å². The minimum absolute atomic E-state index is 0.00190.